The lowest BCUT2D eigenvalue weighted by Gasteiger charge is -2.27. The first-order valence-electron chi connectivity index (χ1n) is 7.76. The molecular weight excluding hydrogens is 266 g/mol. The van der Waals surface area contributed by atoms with E-state index in [-0.39, 0.29) is 16.5 Å². The van der Waals surface area contributed by atoms with Gasteiger partial charge >= 0.3 is 0 Å². The van der Waals surface area contributed by atoms with Crippen molar-refractivity contribution in [3.63, 3.8) is 0 Å². The molecule has 0 saturated carbocycles. The van der Waals surface area contributed by atoms with Crippen LogP contribution in [0.3, 0.4) is 0 Å². The largest absolute Gasteiger partial charge is 0.309 e. The molecule has 0 aliphatic rings. The Bertz CT molecular complexity index is 416. The van der Waals surface area contributed by atoms with Crippen molar-refractivity contribution in [2.75, 3.05) is 6.54 Å². The van der Waals surface area contributed by atoms with Gasteiger partial charge in [-0.25, -0.2) is 0 Å². The van der Waals surface area contributed by atoms with Crippen LogP contribution in [-0.2, 0) is 17.2 Å². The molecule has 0 amide bonds. The number of hydrogen-bond acceptors (Lipinski definition) is 2. The van der Waals surface area contributed by atoms with Gasteiger partial charge in [-0.15, -0.1) is 0 Å². The van der Waals surface area contributed by atoms with E-state index in [1.165, 1.54) is 11.1 Å². The molecule has 4 unspecified atom stereocenters. The maximum Gasteiger partial charge on any atom is 0.0517 e. The summed E-state index contributed by atoms with van der Waals surface area (Å²) in [5.74, 6) is 0. The van der Waals surface area contributed by atoms with Crippen molar-refractivity contribution in [2.45, 2.75) is 64.0 Å². The third kappa shape index (κ3) is 4.42. The van der Waals surface area contributed by atoms with E-state index in [2.05, 4.69) is 64.2 Å². The Balaban J connectivity index is 2.94. The molecule has 0 aliphatic carbocycles. The predicted octanol–water partition coefficient (Wildman–Crippen LogP) is 3.84. The summed E-state index contributed by atoms with van der Waals surface area (Å²) in [5, 5.41) is 3.88. The fourth-order valence-electron chi connectivity index (χ4n) is 2.40. The Kier molecular flexibility index (Phi) is 7.46. The second kappa shape index (κ2) is 8.58. The van der Waals surface area contributed by atoms with Crippen LogP contribution >= 0.6 is 0 Å². The maximum absolute atomic E-state index is 12.6. The van der Waals surface area contributed by atoms with Crippen LogP contribution < -0.4 is 5.32 Å². The zero-order valence-electron chi connectivity index (χ0n) is 13.5. The lowest BCUT2D eigenvalue weighted by atomic mass is 10.0. The average Bonchev–Trinajstić information content (AvgIpc) is 2.50. The molecule has 4 atom stereocenters. The third-order valence-corrected chi connectivity index (χ3v) is 6.11. The molecule has 0 heterocycles. The molecule has 0 aromatic heterocycles. The van der Waals surface area contributed by atoms with Crippen molar-refractivity contribution in [3.8, 4) is 0 Å². The first-order chi connectivity index (χ1) is 9.54. The highest BCUT2D eigenvalue weighted by atomic mass is 32.2. The smallest absolute Gasteiger partial charge is 0.0517 e. The first kappa shape index (κ1) is 17.4. The molecule has 0 saturated heterocycles. The van der Waals surface area contributed by atoms with Gasteiger partial charge in [-0.3, -0.25) is 4.21 Å². The van der Waals surface area contributed by atoms with Gasteiger partial charge in [0.25, 0.3) is 0 Å². The molecule has 2 nitrogen and oxygen atoms in total. The standard InChI is InChI=1S/C17H29NOS/c1-6-13(4)20(19)14(5)17(18-8-3)16-11-9-15(7-2)10-12-16/h9-14,17-18H,6-8H2,1-5H3. The van der Waals surface area contributed by atoms with Crippen LogP contribution in [0.2, 0.25) is 0 Å². The minimum Gasteiger partial charge on any atom is -0.309 e. The zero-order valence-corrected chi connectivity index (χ0v) is 14.3. The number of rotatable bonds is 8. The van der Waals surface area contributed by atoms with E-state index in [4.69, 9.17) is 0 Å². The van der Waals surface area contributed by atoms with E-state index in [1.807, 2.05) is 0 Å². The summed E-state index contributed by atoms with van der Waals surface area (Å²) < 4.78 is 12.6. The summed E-state index contributed by atoms with van der Waals surface area (Å²) in [5.41, 5.74) is 2.59. The molecule has 0 aliphatic heterocycles. The lowest BCUT2D eigenvalue weighted by molar-refractivity contribution is 0.532. The van der Waals surface area contributed by atoms with E-state index in [1.54, 1.807) is 0 Å². The van der Waals surface area contributed by atoms with Gasteiger partial charge < -0.3 is 5.32 Å². The predicted molar refractivity (Wildman–Crippen MR) is 89.6 cm³/mol. The quantitative estimate of drug-likeness (QED) is 0.789. The van der Waals surface area contributed by atoms with Crippen LogP contribution in [0.1, 0.15) is 58.2 Å². The van der Waals surface area contributed by atoms with Crippen LogP contribution in [0.5, 0.6) is 0 Å². The Labute approximate surface area is 126 Å². The Morgan fingerprint density at radius 1 is 1.10 bits per heavy atom. The van der Waals surface area contributed by atoms with Crippen LogP contribution in [0, 0.1) is 0 Å². The zero-order chi connectivity index (χ0) is 15.1. The van der Waals surface area contributed by atoms with Crippen molar-refractivity contribution < 1.29 is 4.21 Å². The van der Waals surface area contributed by atoms with Crippen LogP contribution in [-0.4, -0.2) is 21.3 Å². The normalized spacial score (nSPS) is 17.4. The van der Waals surface area contributed by atoms with Crippen molar-refractivity contribution in [1.82, 2.24) is 5.32 Å². The molecule has 20 heavy (non-hydrogen) atoms. The fourth-order valence-corrected chi connectivity index (χ4v) is 3.98. The number of aryl methyl sites for hydroxylation is 1. The molecule has 0 bridgehead atoms. The molecule has 0 radical (unpaired) electrons. The van der Waals surface area contributed by atoms with Crippen LogP contribution in [0.15, 0.2) is 24.3 Å². The molecule has 1 aromatic carbocycles. The SMILES string of the molecule is CCNC(c1ccc(CC)cc1)C(C)S(=O)C(C)CC. The maximum atomic E-state index is 12.6. The second-order valence-corrected chi connectivity index (χ2v) is 7.59. The van der Waals surface area contributed by atoms with Crippen molar-refractivity contribution in [1.29, 1.82) is 0 Å². The molecular formula is C17H29NOS. The van der Waals surface area contributed by atoms with E-state index in [9.17, 15) is 4.21 Å². The molecule has 114 valence electrons. The van der Waals surface area contributed by atoms with Gasteiger partial charge in [0.05, 0.1) is 5.25 Å². The van der Waals surface area contributed by atoms with Gasteiger partial charge in [0, 0.05) is 22.1 Å². The summed E-state index contributed by atoms with van der Waals surface area (Å²) in [6.07, 6.45) is 2.02. The van der Waals surface area contributed by atoms with Gasteiger partial charge in [-0.05, 0) is 37.4 Å². The van der Waals surface area contributed by atoms with Gasteiger partial charge in [0.2, 0.25) is 0 Å². The highest BCUT2D eigenvalue weighted by molar-refractivity contribution is 7.86. The highest BCUT2D eigenvalue weighted by Gasteiger charge is 2.26. The molecule has 1 rings (SSSR count). The monoisotopic (exact) mass is 295 g/mol. The summed E-state index contributed by atoms with van der Waals surface area (Å²) in [7, 11) is -0.811. The van der Waals surface area contributed by atoms with Gasteiger partial charge in [-0.2, -0.15) is 0 Å². The van der Waals surface area contributed by atoms with E-state index in [0.717, 1.165) is 19.4 Å². The summed E-state index contributed by atoms with van der Waals surface area (Å²) in [6, 6.07) is 8.88. The van der Waals surface area contributed by atoms with Gasteiger partial charge in [0.15, 0.2) is 0 Å². The van der Waals surface area contributed by atoms with Gasteiger partial charge in [0.1, 0.15) is 0 Å². The third-order valence-electron chi connectivity index (χ3n) is 3.98. The first-order valence-corrected chi connectivity index (χ1v) is 9.04. The highest BCUT2D eigenvalue weighted by Crippen LogP contribution is 2.23. The number of nitrogens with one attached hydrogen (secondary N) is 1. The minimum atomic E-state index is -0.811. The lowest BCUT2D eigenvalue weighted by Crippen LogP contribution is -2.35. The summed E-state index contributed by atoms with van der Waals surface area (Å²) >= 11 is 0. The average molecular weight is 295 g/mol. The van der Waals surface area contributed by atoms with E-state index >= 15 is 0 Å². The van der Waals surface area contributed by atoms with Crippen LogP contribution in [0.25, 0.3) is 0 Å². The summed E-state index contributed by atoms with van der Waals surface area (Å²) in [4.78, 5) is 0. The Morgan fingerprint density at radius 2 is 1.70 bits per heavy atom. The van der Waals surface area contributed by atoms with Crippen molar-refractivity contribution in [2.24, 2.45) is 0 Å². The molecule has 1 N–H and O–H groups in total. The summed E-state index contributed by atoms with van der Waals surface area (Å²) in [6.45, 7) is 11.4. The van der Waals surface area contributed by atoms with Crippen LogP contribution in [0.4, 0.5) is 0 Å². The van der Waals surface area contributed by atoms with Crippen molar-refractivity contribution in [3.05, 3.63) is 35.4 Å². The second-order valence-electron chi connectivity index (χ2n) is 5.38. The topological polar surface area (TPSA) is 29.1 Å². The van der Waals surface area contributed by atoms with Gasteiger partial charge in [-0.1, -0.05) is 52.0 Å². The molecule has 0 spiro atoms. The minimum absolute atomic E-state index is 0.123. The fraction of sp³-hybridized carbons (Fsp3) is 0.647. The molecule has 3 heteroatoms. The van der Waals surface area contributed by atoms with Crippen molar-refractivity contribution >= 4 is 10.8 Å². The Hall–Kier alpha value is -0.670. The molecule has 0 fully saturated rings. The molecule has 1 aromatic rings. The van der Waals surface area contributed by atoms with E-state index in [0.29, 0.717) is 0 Å². The van der Waals surface area contributed by atoms with E-state index < -0.39 is 10.8 Å². The Morgan fingerprint density at radius 3 is 2.15 bits per heavy atom. The number of benzene rings is 1. The number of hydrogen-bond donors (Lipinski definition) is 1.